The zero-order valence-electron chi connectivity index (χ0n) is 22.2. The number of carbonyl (C=O) groups excluding carboxylic acids is 1. The number of rotatable bonds is 12. The summed E-state index contributed by atoms with van der Waals surface area (Å²) in [6, 6.07) is 22.9. The van der Waals surface area contributed by atoms with Crippen LogP contribution in [0, 0.1) is 0 Å². The van der Waals surface area contributed by atoms with Crippen molar-refractivity contribution in [1.82, 2.24) is 0 Å². The predicted octanol–water partition coefficient (Wildman–Crippen LogP) is 4.02. The Morgan fingerprint density at radius 1 is 0.875 bits per heavy atom. The lowest BCUT2D eigenvalue weighted by atomic mass is 9.80. The summed E-state index contributed by atoms with van der Waals surface area (Å²) >= 11 is 0. The van der Waals surface area contributed by atoms with Crippen LogP contribution in [0.25, 0.3) is 0 Å². The van der Waals surface area contributed by atoms with Gasteiger partial charge in [-0.05, 0) is 41.0 Å². The minimum Gasteiger partial charge on any atom is -0.497 e. The van der Waals surface area contributed by atoms with Gasteiger partial charge in [0, 0.05) is 0 Å². The third-order valence-corrected chi connectivity index (χ3v) is 6.77. The van der Waals surface area contributed by atoms with Gasteiger partial charge in [-0.25, -0.2) is 4.39 Å². The minimum absolute atomic E-state index is 0.210. The highest BCUT2D eigenvalue weighted by molar-refractivity contribution is 6.11. The second-order valence-electron chi connectivity index (χ2n) is 9.25. The number of halogens is 1. The molecule has 2 radical (unpaired) electrons. The van der Waals surface area contributed by atoms with Crippen molar-refractivity contribution in [2.45, 2.75) is 42.8 Å². The lowest BCUT2D eigenvalue weighted by molar-refractivity contribution is -0.159. The quantitative estimate of drug-likeness (QED) is 0.206. The number of carboxylic acid groups (broad SMARTS) is 1. The zero-order chi connectivity index (χ0) is 28.7. The Bertz CT molecular complexity index is 1220. The first-order valence-electron chi connectivity index (χ1n) is 12.7. The molecule has 1 saturated heterocycles. The Hall–Kier alpha value is -3.89. The standard InChI is InChI=1S/C30H30BFO8/c1-36-22-12-8-20(9-13-22)30(19-6-4-3-5-7-19,21-10-14-23(37-2)15-11-21)38-18-24-28(27(32)29(31)39-24)40-26(35)17-16-25(33)34/h3-15,24,27-29H,16-18H2,1-2H3,(H,33,34)/t24-,27?,28+,29-/m1/s1. The van der Waals surface area contributed by atoms with Crippen LogP contribution in [0.15, 0.2) is 78.9 Å². The maximum absolute atomic E-state index is 15.0. The van der Waals surface area contributed by atoms with E-state index in [1.54, 1.807) is 14.2 Å². The van der Waals surface area contributed by atoms with Crippen LogP contribution < -0.4 is 9.47 Å². The smallest absolute Gasteiger partial charge is 0.306 e. The number of ether oxygens (including phenoxy) is 5. The van der Waals surface area contributed by atoms with E-state index in [1.807, 2.05) is 78.9 Å². The van der Waals surface area contributed by atoms with Crippen LogP contribution in [-0.4, -0.2) is 70.1 Å². The maximum Gasteiger partial charge on any atom is 0.306 e. The molecule has 0 aliphatic carbocycles. The van der Waals surface area contributed by atoms with Gasteiger partial charge in [-0.15, -0.1) is 0 Å². The normalized spacial score (nSPS) is 20.6. The molecule has 8 nitrogen and oxygen atoms in total. The minimum atomic E-state index is -1.82. The third kappa shape index (κ3) is 6.29. The van der Waals surface area contributed by atoms with E-state index < -0.39 is 54.8 Å². The number of methoxy groups -OCH3 is 2. The average molecular weight is 548 g/mol. The van der Waals surface area contributed by atoms with Gasteiger partial charge in [-0.3, -0.25) is 9.59 Å². The molecule has 0 amide bonds. The Morgan fingerprint density at radius 2 is 1.40 bits per heavy atom. The van der Waals surface area contributed by atoms with E-state index in [1.165, 1.54) is 0 Å². The van der Waals surface area contributed by atoms with E-state index >= 15 is 4.39 Å². The number of aliphatic carboxylic acids is 1. The molecule has 0 aromatic heterocycles. The summed E-state index contributed by atoms with van der Waals surface area (Å²) in [5.74, 6) is -0.727. The molecule has 10 heteroatoms. The van der Waals surface area contributed by atoms with E-state index in [9.17, 15) is 9.59 Å². The van der Waals surface area contributed by atoms with Crippen molar-refractivity contribution in [3.63, 3.8) is 0 Å². The average Bonchev–Trinajstić information content (AvgIpc) is 3.25. The predicted molar refractivity (Wildman–Crippen MR) is 144 cm³/mol. The number of benzene rings is 3. The van der Waals surface area contributed by atoms with Crippen LogP contribution in [0.1, 0.15) is 29.5 Å². The number of hydrogen-bond acceptors (Lipinski definition) is 7. The van der Waals surface area contributed by atoms with Crippen LogP contribution in [0.5, 0.6) is 11.5 Å². The van der Waals surface area contributed by atoms with E-state index in [0.717, 1.165) is 16.7 Å². The molecular formula is C30H30BFO8. The number of carbonyl (C=O) groups is 2. The summed E-state index contributed by atoms with van der Waals surface area (Å²) in [5, 5.41) is 8.87. The molecule has 0 bridgehead atoms. The van der Waals surface area contributed by atoms with Crippen molar-refractivity contribution in [3.8, 4) is 11.5 Å². The molecule has 208 valence electrons. The van der Waals surface area contributed by atoms with Crippen molar-refractivity contribution in [3.05, 3.63) is 95.6 Å². The molecule has 1 aliphatic heterocycles. The summed E-state index contributed by atoms with van der Waals surface area (Å²) in [4.78, 5) is 23.1. The first kappa shape index (κ1) is 29.1. The van der Waals surface area contributed by atoms with Gasteiger partial charge in [0.05, 0.1) is 39.7 Å². The Morgan fingerprint density at radius 3 is 1.90 bits per heavy atom. The molecule has 0 spiro atoms. The summed E-state index contributed by atoms with van der Waals surface area (Å²) in [6.07, 6.45) is -5.11. The Kier molecular flexibility index (Phi) is 9.44. The fourth-order valence-electron chi connectivity index (χ4n) is 4.72. The van der Waals surface area contributed by atoms with Crippen molar-refractivity contribution < 1.29 is 42.8 Å². The number of alkyl halides is 1. The molecule has 1 fully saturated rings. The van der Waals surface area contributed by atoms with Gasteiger partial charge < -0.3 is 28.8 Å². The molecular weight excluding hydrogens is 518 g/mol. The molecule has 4 rings (SSSR count). The highest BCUT2D eigenvalue weighted by Gasteiger charge is 2.47. The van der Waals surface area contributed by atoms with Gasteiger partial charge in [0.15, 0.2) is 12.3 Å². The van der Waals surface area contributed by atoms with Gasteiger partial charge in [0.1, 0.15) is 31.1 Å². The Balaban J connectivity index is 1.73. The van der Waals surface area contributed by atoms with E-state index in [4.69, 9.17) is 36.6 Å². The molecule has 1 heterocycles. The fourth-order valence-corrected chi connectivity index (χ4v) is 4.72. The van der Waals surface area contributed by atoms with Crippen LogP contribution in [0.2, 0.25) is 0 Å². The molecule has 3 aromatic rings. The monoisotopic (exact) mass is 548 g/mol. The van der Waals surface area contributed by atoms with Crippen molar-refractivity contribution in [1.29, 1.82) is 0 Å². The summed E-state index contributed by atoms with van der Waals surface area (Å²) in [5.41, 5.74) is 1.07. The molecule has 3 aromatic carbocycles. The number of carboxylic acids is 1. The second-order valence-corrected chi connectivity index (χ2v) is 9.25. The van der Waals surface area contributed by atoms with E-state index in [-0.39, 0.29) is 6.61 Å². The molecule has 0 saturated carbocycles. The van der Waals surface area contributed by atoms with Gasteiger partial charge in [-0.1, -0.05) is 54.6 Å². The van der Waals surface area contributed by atoms with E-state index in [2.05, 4.69) is 0 Å². The SMILES string of the molecule is [B][C@@H]1O[C@H](COC(c2ccccc2)(c2ccc(OC)cc2)c2ccc(OC)cc2)[C@H](OC(=O)CCC(=O)O)C1F. The lowest BCUT2D eigenvalue weighted by Crippen LogP contribution is -2.41. The topological polar surface area (TPSA) is 101 Å². The summed E-state index contributed by atoms with van der Waals surface area (Å²) < 4.78 is 43.4. The summed E-state index contributed by atoms with van der Waals surface area (Å²) in [7, 11) is 8.98. The molecule has 1 aliphatic rings. The largest absolute Gasteiger partial charge is 0.497 e. The van der Waals surface area contributed by atoms with Crippen LogP contribution in [0.4, 0.5) is 4.39 Å². The molecule has 40 heavy (non-hydrogen) atoms. The molecule has 1 unspecified atom stereocenters. The number of esters is 1. The van der Waals surface area contributed by atoms with Gasteiger partial charge in [-0.2, -0.15) is 0 Å². The van der Waals surface area contributed by atoms with E-state index in [0.29, 0.717) is 11.5 Å². The summed E-state index contributed by atoms with van der Waals surface area (Å²) in [6.45, 7) is -0.210. The van der Waals surface area contributed by atoms with Crippen molar-refractivity contribution in [2.24, 2.45) is 0 Å². The van der Waals surface area contributed by atoms with Crippen LogP contribution >= 0.6 is 0 Å². The van der Waals surface area contributed by atoms with Crippen LogP contribution in [0.3, 0.4) is 0 Å². The number of hydrogen-bond donors (Lipinski definition) is 1. The molecule has 1 N–H and O–H groups in total. The van der Waals surface area contributed by atoms with Gasteiger partial charge in [0.2, 0.25) is 0 Å². The highest BCUT2D eigenvalue weighted by Crippen LogP contribution is 2.42. The van der Waals surface area contributed by atoms with Gasteiger partial charge in [0.25, 0.3) is 0 Å². The maximum atomic E-state index is 15.0. The van der Waals surface area contributed by atoms with Gasteiger partial charge >= 0.3 is 11.9 Å². The third-order valence-electron chi connectivity index (χ3n) is 6.77. The highest BCUT2D eigenvalue weighted by atomic mass is 19.1. The Labute approximate surface area is 233 Å². The first-order chi connectivity index (χ1) is 19.3. The first-order valence-corrected chi connectivity index (χ1v) is 12.7. The van der Waals surface area contributed by atoms with Crippen molar-refractivity contribution in [2.75, 3.05) is 20.8 Å². The zero-order valence-corrected chi connectivity index (χ0v) is 22.2. The van der Waals surface area contributed by atoms with Crippen LogP contribution in [-0.2, 0) is 29.4 Å². The second kappa shape index (κ2) is 13.0. The fraction of sp³-hybridized carbons (Fsp3) is 0.333. The van der Waals surface area contributed by atoms with Crippen molar-refractivity contribution >= 4 is 19.8 Å². The molecule has 4 atom stereocenters. The lowest BCUT2D eigenvalue weighted by Gasteiger charge is -2.37.